The second-order valence-electron chi connectivity index (χ2n) is 3.75. The molecule has 0 aromatic heterocycles. The molecule has 1 aromatic rings. The molecule has 0 spiro atoms. The largest absolute Gasteiger partial charge is 0.303 e. The number of hydrogen-bond acceptors (Lipinski definition) is 1. The molecular formula is C12H14O. The van der Waals surface area contributed by atoms with Crippen LogP contribution >= 0.6 is 0 Å². The van der Waals surface area contributed by atoms with Gasteiger partial charge >= 0.3 is 0 Å². The Labute approximate surface area is 78.8 Å². The Bertz CT molecular complexity index is 278. The molecule has 0 heterocycles. The first-order valence-corrected chi connectivity index (χ1v) is 4.92. The second kappa shape index (κ2) is 3.73. The summed E-state index contributed by atoms with van der Waals surface area (Å²) < 4.78 is 0. The summed E-state index contributed by atoms with van der Waals surface area (Å²) in [6.45, 7) is 0. The molecule has 0 radical (unpaired) electrons. The number of hydrogen-bond donors (Lipinski definition) is 0. The third-order valence-corrected chi connectivity index (χ3v) is 2.97. The molecule has 1 heteroatoms. The summed E-state index contributed by atoms with van der Waals surface area (Å²) in [5.74, 6) is 0.751. The molecule has 1 fully saturated rings. The summed E-state index contributed by atoms with van der Waals surface area (Å²) in [7, 11) is 0. The molecule has 0 aliphatic heterocycles. The van der Waals surface area contributed by atoms with Crippen molar-refractivity contribution in [3.05, 3.63) is 35.9 Å². The van der Waals surface area contributed by atoms with Gasteiger partial charge in [-0.3, -0.25) is 0 Å². The van der Waals surface area contributed by atoms with Gasteiger partial charge in [0.25, 0.3) is 0 Å². The third kappa shape index (κ3) is 1.64. The number of aldehydes is 1. The molecule has 13 heavy (non-hydrogen) atoms. The van der Waals surface area contributed by atoms with Crippen LogP contribution in [0.5, 0.6) is 0 Å². The van der Waals surface area contributed by atoms with Gasteiger partial charge in [-0.2, -0.15) is 0 Å². The van der Waals surface area contributed by atoms with E-state index in [4.69, 9.17) is 0 Å². The average molecular weight is 174 g/mol. The van der Waals surface area contributed by atoms with Crippen LogP contribution < -0.4 is 0 Å². The smallest absolute Gasteiger partial charge is 0.123 e. The third-order valence-electron chi connectivity index (χ3n) is 2.97. The average Bonchev–Trinajstić information content (AvgIpc) is 2.67. The van der Waals surface area contributed by atoms with E-state index in [2.05, 4.69) is 24.3 Å². The van der Waals surface area contributed by atoms with Crippen LogP contribution in [-0.4, -0.2) is 6.29 Å². The molecular weight excluding hydrogens is 160 g/mol. The highest BCUT2D eigenvalue weighted by molar-refractivity contribution is 5.56. The SMILES string of the molecule is O=C[C@H]1CCC[C@@H]1c1ccccc1. The molecule has 1 saturated carbocycles. The fourth-order valence-electron chi connectivity index (χ4n) is 2.27. The lowest BCUT2D eigenvalue weighted by Gasteiger charge is -2.13. The zero-order valence-electron chi connectivity index (χ0n) is 7.65. The lowest BCUT2D eigenvalue weighted by atomic mass is 9.90. The van der Waals surface area contributed by atoms with E-state index >= 15 is 0 Å². The van der Waals surface area contributed by atoms with Gasteiger partial charge in [-0.1, -0.05) is 36.8 Å². The van der Waals surface area contributed by atoms with Gasteiger partial charge in [-0.15, -0.1) is 0 Å². The van der Waals surface area contributed by atoms with E-state index in [0.717, 1.165) is 12.7 Å². The Morgan fingerprint density at radius 2 is 1.92 bits per heavy atom. The predicted octanol–water partition coefficient (Wildman–Crippen LogP) is 2.77. The quantitative estimate of drug-likeness (QED) is 0.630. The Kier molecular flexibility index (Phi) is 2.44. The minimum atomic E-state index is 0.266. The van der Waals surface area contributed by atoms with E-state index in [1.54, 1.807) is 0 Å². The molecule has 1 nitrogen and oxygen atoms in total. The number of carbonyl (C=O) groups excluding carboxylic acids is 1. The van der Waals surface area contributed by atoms with Crippen LogP contribution in [0.15, 0.2) is 30.3 Å². The Morgan fingerprint density at radius 3 is 2.62 bits per heavy atom. The first kappa shape index (κ1) is 8.49. The number of carbonyl (C=O) groups is 1. The van der Waals surface area contributed by atoms with Gasteiger partial charge in [0.15, 0.2) is 0 Å². The van der Waals surface area contributed by atoms with Gasteiger partial charge in [0.05, 0.1) is 0 Å². The van der Waals surface area contributed by atoms with Crippen molar-refractivity contribution < 1.29 is 4.79 Å². The zero-order chi connectivity index (χ0) is 9.10. The summed E-state index contributed by atoms with van der Waals surface area (Å²) in [4.78, 5) is 10.8. The highest BCUT2D eigenvalue weighted by atomic mass is 16.1. The van der Waals surface area contributed by atoms with E-state index in [9.17, 15) is 4.79 Å². The van der Waals surface area contributed by atoms with Crippen LogP contribution in [0, 0.1) is 5.92 Å². The molecule has 1 aliphatic rings. The van der Waals surface area contributed by atoms with Gasteiger partial charge in [-0.25, -0.2) is 0 Å². The maximum absolute atomic E-state index is 10.8. The van der Waals surface area contributed by atoms with Crippen molar-refractivity contribution in [2.45, 2.75) is 25.2 Å². The first-order valence-electron chi connectivity index (χ1n) is 4.92. The fourth-order valence-corrected chi connectivity index (χ4v) is 2.27. The summed E-state index contributed by atoms with van der Waals surface area (Å²) in [5, 5.41) is 0. The Balaban J connectivity index is 2.21. The first-order chi connectivity index (χ1) is 6.42. The lowest BCUT2D eigenvalue weighted by molar-refractivity contribution is -0.111. The van der Waals surface area contributed by atoms with E-state index in [1.807, 2.05) is 6.07 Å². The summed E-state index contributed by atoms with van der Waals surface area (Å²) >= 11 is 0. The number of benzene rings is 1. The van der Waals surface area contributed by atoms with Crippen molar-refractivity contribution in [2.75, 3.05) is 0 Å². The Morgan fingerprint density at radius 1 is 1.15 bits per heavy atom. The van der Waals surface area contributed by atoms with Crippen LogP contribution in [0.3, 0.4) is 0 Å². The van der Waals surface area contributed by atoms with Crippen molar-refractivity contribution in [2.24, 2.45) is 5.92 Å². The second-order valence-corrected chi connectivity index (χ2v) is 3.75. The van der Waals surface area contributed by atoms with Gasteiger partial charge in [0.1, 0.15) is 6.29 Å². The molecule has 2 rings (SSSR count). The predicted molar refractivity (Wildman–Crippen MR) is 52.6 cm³/mol. The van der Waals surface area contributed by atoms with E-state index in [1.165, 1.54) is 18.4 Å². The monoisotopic (exact) mass is 174 g/mol. The molecule has 0 saturated heterocycles. The Hall–Kier alpha value is -1.11. The molecule has 1 aromatic carbocycles. The van der Waals surface area contributed by atoms with Crippen LogP contribution in [-0.2, 0) is 4.79 Å². The number of rotatable bonds is 2. The van der Waals surface area contributed by atoms with Crippen LogP contribution in [0.4, 0.5) is 0 Å². The van der Waals surface area contributed by atoms with Crippen LogP contribution in [0.2, 0.25) is 0 Å². The van der Waals surface area contributed by atoms with Gasteiger partial charge < -0.3 is 4.79 Å². The van der Waals surface area contributed by atoms with Crippen molar-refractivity contribution in [1.29, 1.82) is 0 Å². The molecule has 0 N–H and O–H groups in total. The maximum atomic E-state index is 10.8. The summed E-state index contributed by atoms with van der Waals surface area (Å²) in [6.07, 6.45) is 4.57. The normalized spacial score (nSPS) is 27.4. The van der Waals surface area contributed by atoms with Crippen molar-refractivity contribution in [1.82, 2.24) is 0 Å². The van der Waals surface area contributed by atoms with E-state index in [-0.39, 0.29) is 5.92 Å². The van der Waals surface area contributed by atoms with Crippen molar-refractivity contribution in [3.8, 4) is 0 Å². The van der Waals surface area contributed by atoms with Gasteiger partial charge in [0, 0.05) is 5.92 Å². The fraction of sp³-hybridized carbons (Fsp3) is 0.417. The van der Waals surface area contributed by atoms with Crippen molar-refractivity contribution in [3.63, 3.8) is 0 Å². The molecule has 0 unspecified atom stereocenters. The standard InChI is InChI=1S/C12H14O/c13-9-11-7-4-8-12(11)10-5-2-1-3-6-10/h1-3,5-6,9,11-12H,4,7-8H2/t11-,12-/m1/s1. The minimum absolute atomic E-state index is 0.266. The molecule has 1 aliphatic carbocycles. The lowest BCUT2D eigenvalue weighted by Crippen LogP contribution is -2.06. The highest BCUT2D eigenvalue weighted by Gasteiger charge is 2.27. The van der Waals surface area contributed by atoms with E-state index in [0.29, 0.717) is 5.92 Å². The van der Waals surface area contributed by atoms with Gasteiger partial charge in [-0.05, 0) is 24.3 Å². The highest BCUT2D eigenvalue weighted by Crippen LogP contribution is 2.37. The maximum Gasteiger partial charge on any atom is 0.123 e. The minimum Gasteiger partial charge on any atom is -0.303 e. The van der Waals surface area contributed by atoms with Crippen LogP contribution in [0.1, 0.15) is 30.7 Å². The summed E-state index contributed by atoms with van der Waals surface area (Å²) in [5.41, 5.74) is 1.33. The van der Waals surface area contributed by atoms with E-state index < -0.39 is 0 Å². The van der Waals surface area contributed by atoms with Gasteiger partial charge in [0.2, 0.25) is 0 Å². The topological polar surface area (TPSA) is 17.1 Å². The van der Waals surface area contributed by atoms with Crippen molar-refractivity contribution >= 4 is 6.29 Å². The molecule has 0 bridgehead atoms. The summed E-state index contributed by atoms with van der Waals surface area (Å²) in [6, 6.07) is 10.4. The van der Waals surface area contributed by atoms with Crippen LogP contribution in [0.25, 0.3) is 0 Å². The molecule has 2 atom stereocenters. The molecule has 0 amide bonds. The zero-order valence-corrected chi connectivity index (χ0v) is 7.65. The molecule has 68 valence electrons.